The van der Waals surface area contributed by atoms with Crippen molar-refractivity contribution in [2.45, 2.75) is 38.9 Å². The lowest BCUT2D eigenvalue weighted by molar-refractivity contribution is -0.0888. The van der Waals surface area contributed by atoms with E-state index in [1.807, 2.05) is 13.0 Å². The molecule has 3 aliphatic rings. The Kier molecular flexibility index (Phi) is 6.29. The van der Waals surface area contributed by atoms with Crippen LogP contribution in [0.3, 0.4) is 0 Å². The second-order valence-electron chi connectivity index (χ2n) is 6.62. The van der Waals surface area contributed by atoms with Gasteiger partial charge in [-0.05, 0) is 29.6 Å². The van der Waals surface area contributed by atoms with Crippen LogP contribution in [0.4, 0.5) is 13.2 Å². The Morgan fingerprint density at radius 3 is 2.85 bits per heavy atom. The van der Waals surface area contributed by atoms with Crippen LogP contribution in [0.1, 0.15) is 26.7 Å². The van der Waals surface area contributed by atoms with Gasteiger partial charge >= 0.3 is 6.18 Å². The van der Waals surface area contributed by atoms with Crippen molar-refractivity contribution in [3.05, 3.63) is 46.9 Å². The second kappa shape index (κ2) is 8.50. The highest BCUT2D eigenvalue weighted by atomic mass is 32.2. The third-order valence-electron chi connectivity index (χ3n) is 4.65. The third kappa shape index (κ3) is 4.57. The summed E-state index contributed by atoms with van der Waals surface area (Å²) in [7, 11) is 0. The first-order chi connectivity index (χ1) is 12.9. The predicted octanol–water partition coefficient (Wildman–Crippen LogP) is 5.05. The van der Waals surface area contributed by atoms with E-state index < -0.39 is 17.8 Å². The Hall–Kier alpha value is -1.76. The minimum absolute atomic E-state index is 0.0429. The van der Waals surface area contributed by atoms with E-state index in [1.165, 1.54) is 11.0 Å². The van der Waals surface area contributed by atoms with E-state index in [4.69, 9.17) is 4.99 Å². The summed E-state index contributed by atoms with van der Waals surface area (Å²) in [5, 5.41) is 3.35. The summed E-state index contributed by atoms with van der Waals surface area (Å²) in [5.74, 6) is 2.15. The summed E-state index contributed by atoms with van der Waals surface area (Å²) in [5.41, 5.74) is -0.633. The van der Waals surface area contributed by atoms with Gasteiger partial charge in [0.2, 0.25) is 0 Å². The number of hydrogen-bond donors (Lipinski definition) is 1. The molecule has 0 saturated carbocycles. The number of amidine groups is 2. The molecule has 0 amide bonds. The minimum atomic E-state index is -4.36. The quantitative estimate of drug-likeness (QED) is 0.707. The van der Waals surface area contributed by atoms with Gasteiger partial charge in [-0.1, -0.05) is 44.2 Å². The molecule has 0 saturated heterocycles. The van der Waals surface area contributed by atoms with Gasteiger partial charge in [0.15, 0.2) is 0 Å². The molecule has 146 valence electrons. The van der Waals surface area contributed by atoms with Crippen molar-refractivity contribution in [3.63, 3.8) is 0 Å². The Labute approximate surface area is 162 Å². The first-order valence-corrected chi connectivity index (χ1v) is 10.3. The molecule has 3 unspecified atom stereocenters. The average molecular weight is 395 g/mol. The minimum Gasteiger partial charge on any atom is -0.331 e. The van der Waals surface area contributed by atoms with Crippen molar-refractivity contribution >= 4 is 23.4 Å². The third-order valence-corrected chi connectivity index (χ3v) is 5.69. The van der Waals surface area contributed by atoms with E-state index in [0.29, 0.717) is 6.54 Å². The number of thioether (sulfide) groups is 1. The van der Waals surface area contributed by atoms with Crippen LogP contribution in [0.5, 0.6) is 0 Å². The van der Waals surface area contributed by atoms with Crippen LogP contribution in [0, 0.1) is 11.8 Å². The van der Waals surface area contributed by atoms with Crippen LogP contribution in [0.2, 0.25) is 0 Å². The summed E-state index contributed by atoms with van der Waals surface area (Å²) < 4.78 is 39.5. The number of allylic oxidation sites excluding steroid dienone is 5. The van der Waals surface area contributed by atoms with E-state index in [2.05, 4.69) is 29.4 Å². The molecule has 0 spiro atoms. The fourth-order valence-electron chi connectivity index (χ4n) is 3.36. The maximum absolute atomic E-state index is 13.2. The van der Waals surface area contributed by atoms with Gasteiger partial charge in [0.1, 0.15) is 11.7 Å². The monoisotopic (exact) mass is 395 g/mol. The summed E-state index contributed by atoms with van der Waals surface area (Å²) in [4.78, 5) is 10.5. The number of hydrogen-bond acceptors (Lipinski definition) is 3. The maximum Gasteiger partial charge on any atom is 0.416 e. The number of aliphatic imine (C=N–C) groups is 2. The molecule has 1 N–H and O–H groups in total. The van der Waals surface area contributed by atoms with Gasteiger partial charge in [0, 0.05) is 6.54 Å². The molecule has 0 aromatic carbocycles. The van der Waals surface area contributed by atoms with Crippen molar-refractivity contribution in [2.75, 3.05) is 12.3 Å². The van der Waals surface area contributed by atoms with Gasteiger partial charge in [-0.15, -0.1) is 11.8 Å². The van der Waals surface area contributed by atoms with E-state index >= 15 is 0 Å². The van der Waals surface area contributed by atoms with Crippen molar-refractivity contribution in [1.29, 1.82) is 0 Å². The maximum atomic E-state index is 13.2. The van der Waals surface area contributed by atoms with Crippen molar-refractivity contribution in [2.24, 2.45) is 21.8 Å². The Morgan fingerprint density at radius 1 is 1.33 bits per heavy atom. The normalized spacial score (nSPS) is 29.0. The molecule has 0 radical (unpaired) electrons. The number of rotatable bonds is 5. The molecule has 3 atom stereocenters. The molecular formula is C20H24F3N3S. The number of nitrogens with one attached hydrogen (secondary N) is 1. The van der Waals surface area contributed by atoms with Crippen LogP contribution >= 0.6 is 11.8 Å². The van der Waals surface area contributed by atoms with Gasteiger partial charge in [0.25, 0.3) is 0 Å². The average Bonchev–Trinajstić information content (AvgIpc) is 2.65. The first-order valence-electron chi connectivity index (χ1n) is 9.29. The van der Waals surface area contributed by atoms with E-state index in [9.17, 15) is 13.2 Å². The number of nitrogens with zero attached hydrogens (tertiary/aromatic N) is 2. The van der Waals surface area contributed by atoms with Gasteiger partial charge in [-0.3, -0.25) is 9.98 Å². The highest BCUT2D eigenvalue weighted by Crippen LogP contribution is 2.36. The Bertz CT molecular complexity index is 744. The zero-order valence-electron chi connectivity index (χ0n) is 15.5. The molecule has 0 bridgehead atoms. The summed E-state index contributed by atoms with van der Waals surface area (Å²) in [6, 6.07) is -0.572. The topological polar surface area (TPSA) is 36.8 Å². The second-order valence-corrected chi connectivity index (χ2v) is 7.96. The standard InChI is InChI=1S/C20H24F3N3S/c1-3-11-24-18-14-10-9-13(20(21,22)23)12-16(14)25-19(26-18)15-7-5-6-8-17(15)27-4-2/h5-6,8-10,12,14-16H,3-4,7,11H2,1-2H3,(H,24,25,26). The molecule has 7 heteroatoms. The van der Waals surface area contributed by atoms with Gasteiger partial charge in [-0.25, -0.2) is 0 Å². The van der Waals surface area contributed by atoms with E-state index in [-0.39, 0.29) is 11.8 Å². The van der Waals surface area contributed by atoms with Crippen LogP contribution in [0.25, 0.3) is 0 Å². The first kappa shape index (κ1) is 20.0. The lowest BCUT2D eigenvalue weighted by Crippen LogP contribution is -2.48. The van der Waals surface area contributed by atoms with Crippen LogP contribution < -0.4 is 5.32 Å². The number of fused-ring (bicyclic) bond motifs is 1. The largest absolute Gasteiger partial charge is 0.416 e. The summed E-state index contributed by atoms with van der Waals surface area (Å²) in [6.45, 7) is 4.76. The molecule has 3 rings (SSSR count). The SMILES string of the molecule is CCCN=C1NC(C2CC=CC=C2SCC)=NC2C=C(C(F)(F)F)C=CC12. The zero-order chi connectivity index (χ0) is 19.4. The fourth-order valence-corrected chi connectivity index (χ4v) is 4.27. The molecule has 0 fully saturated rings. The van der Waals surface area contributed by atoms with Crippen molar-refractivity contribution < 1.29 is 13.2 Å². The van der Waals surface area contributed by atoms with Gasteiger partial charge in [0.05, 0.1) is 23.5 Å². The zero-order valence-corrected chi connectivity index (χ0v) is 16.3. The fraction of sp³-hybridized carbons (Fsp3) is 0.500. The van der Waals surface area contributed by atoms with Crippen LogP contribution in [-0.4, -0.2) is 36.2 Å². The molecule has 0 aromatic heterocycles. The molecular weight excluding hydrogens is 371 g/mol. The van der Waals surface area contributed by atoms with Crippen molar-refractivity contribution in [1.82, 2.24) is 5.32 Å². The Balaban J connectivity index is 1.96. The lowest BCUT2D eigenvalue weighted by atomic mass is 9.87. The van der Waals surface area contributed by atoms with E-state index in [1.54, 1.807) is 17.8 Å². The molecule has 0 aromatic rings. The predicted molar refractivity (Wildman–Crippen MR) is 107 cm³/mol. The smallest absolute Gasteiger partial charge is 0.331 e. The molecule has 1 heterocycles. The van der Waals surface area contributed by atoms with Crippen LogP contribution in [-0.2, 0) is 0 Å². The summed E-state index contributed by atoms with van der Waals surface area (Å²) >= 11 is 1.75. The number of halogens is 3. The number of alkyl halides is 3. The molecule has 1 aliphatic heterocycles. The summed E-state index contributed by atoms with van der Waals surface area (Å²) in [6.07, 6.45) is 7.43. The highest BCUT2D eigenvalue weighted by Gasteiger charge is 2.39. The van der Waals surface area contributed by atoms with E-state index in [0.717, 1.165) is 36.3 Å². The van der Waals surface area contributed by atoms with Crippen LogP contribution in [0.15, 0.2) is 56.9 Å². The Morgan fingerprint density at radius 2 is 2.15 bits per heavy atom. The molecule has 27 heavy (non-hydrogen) atoms. The molecule has 2 aliphatic carbocycles. The van der Waals surface area contributed by atoms with Gasteiger partial charge in [-0.2, -0.15) is 13.2 Å². The van der Waals surface area contributed by atoms with Gasteiger partial charge < -0.3 is 5.32 Å². The lowest BCUT2D eigenvalue weighted by Gasteiger charge is -2.34. The highest BCUT2D eigenvalue weighted by molar-refractivity contribution is 8.03. The molecule has 3 nitrogen and oxygen atoms in total. The van der Waals surface area contributed by atoms with Crippen molar-refractivity contribution in [3.8, 4) is 0 Å².